The summed E-state index contributed by atoms with van der Waals surface area (Å²) in [6.45, 7) is 3.91. The zero-order valence-corrected chi connectivity index (χ0v) is 11.1. The van der Waals surface area contributed by atoms with Gasteiger partial charge >= 0.3 is 0 Å². The molecule has 0 atom stereocenters. The first-order chi connectivity index (χ1) is 8.56. The van der Waals surface area contributed by atoms with Crippen molar-refractivity contribution in [2.24, 2.45) is 5.73 Å². The molecule has 2 heterocycles. The Kier molecular flexibility index (Phi) is 3.53. The fourth-order valence-corrected chi connectivity index (χ4v) is 1.74. The lowest BCUT2D eigenvalue weighted by Gasteiger charge is -2.09. The number of anilines is 2. The van der Waals surface area contributed by atoms with Crippen molar-refractivity contribution in [3.63, 3.8) is 0 Å². The SMILES string of the molecule is Cc1ccc(Nc2cc(C(N)=S)ccn2)c(C)n1. The van der Waals surface area contributed by atoms with Gasteiger partial charge in [0.2, 0.25) is 0 Å². The highest BCUT2D eigenvalue weighted by Crippen LogP contribution is 2.18. The van der Waals surface area contributed by atoms with Crippen LogP contribution in [0.1, 0.15) is 17.0 Å². The number of thiocarbonyl (C=S) groups is 1. The minimum atomic E-state index is 0.360. The Balaban J connectivity index is 2.28. The third-order valence-corrected chi connectivity index (χ3v) is 2.77. The highest BCUT2D eigenvalue weighted by atomic mass is 32.1. The summed E-state index contributed by atoms with van der Waals surface area (Å²) in [5.41, 5.74) is 9.22. The summed E-state index contributed by atoms with van der Waals surface area (Å²) in [5.74, 6) is 0.703. The molecule has 0 unspecified atom stereocenters. The summed E-state index contributed by atoms with van der Waals surface area (Å²) in [6.07, 6.45) is 1.67. The number of pyridine rings is 2. The van der Waals surface area contributed by atoms with Gasteiger partial charge < -0.3 is 11.1 Å². The van der Waals surface area contributed by atoms with Crippen molar-refractivity contribution in [3.05, 3.63) is 47.4 Å². The van der Waals surface area contributed by atoms with Crippen LogP contribution in [0, 0.1) is 13.8 Å². The molecule has 0 saturated heterocycles. The molecule has 0 saturated carbocycles. The van der Waals surface area contributed by atoms with E-state index in [9.17, 15) is 0 Å². The smallest absolute Gasteiger partial charge is 0.131 e. The molecule has 2 rings (SSSR count). The van der Waals surface area contributed by atoms with Gasteiger partial charge in [0.05, 0.1) is 11.4 Å². The standard InChI is InChI=1S/C13H14N4S/c1-8-3-4-11(9(2)16-8)17-12-7-10(13(14)18)5-6-15-12/h3-7H,1-2H3,(H2,14,18)(H,15,17). The Morgan fingerprint density at radius 3 is 2.72 bits per heavy atom. The number of nitrogens with zero attached hydrogens (tertiary/aromatic N) is 2. The minimum absolute atomic E-state index is 0.360. The lowest BCUT2D eigenvalue weighted by molar-refractivity contribution is 1.12. The van der Waals surface area contributed by atoms with Crippen molar-refractivity contribution in [1.29, 1.82) is 0 Å². The number of aryl methyl sites for hydroxylation is 2. The molecule has 5 heteroatoms. The second-order valence-corrected chi connectivity index (χ2v) is 4.44. The minimum Gasteiger partial charge on any atom is -0.389 e. The van der Waals surface area contributed by atoms with Gasteiger partial charge in [-0.1, -0.05) is 12.2 Å². The van der Waals surface area contributed by atoms with Crippen molar-refractivity contribution >= 4 is 28.7 Å². The third-order valence-electron chi connectivity index (χ3n) is 2.53. The largest absolute Gasteiger partial charge is 0.389 e. The molecule has 92 valence electrons. The number of aromatic nitrogens is 2. The van der Waals surface area contributed by atoms with Gasteiger partial charge in [-0.05, 0) is 38.1 Å². The molecule has 0 aliphatic heterocycles. The maximum absolute atomic E-state index is 5.59. The van der Waals surface area contributed by atoms with Crippen molar-refractivity contribution in [2.75, 3.05) is 5.32 Å². The highest BCUT2D eigenvalue weighted by Gasteiger charge is 2.03. The molecule has 0 amide bonds. The predicted molar refractivity (Wildman–Crippen MR) is 77.1 cm³/mol. The van der Waals surface area contributed by atoms with Gasteiger partial charge in [0, 0.05) is 17.5 Å². The quantitative estimate of drug-likeness (QED) is 0.828. The number of nitrogens with two attached hydrogens (primary N) is 1. The predicted octanol–water partition coefficient (Wildman–Crippen LogP) is 2.47. The van der Waals surface area contributed by atoms with Crippen molar-refractivity contribution in [2.45, 2.75) is 13.8 Å². The van der Waals surface area contributed by atoms with E-state index < -0.39 is 0 Å². The lowest BCUT2D eigenvalue weighted by atomic mass is 10.2. The molecule has 0 fully saturated rings. The molecule has 0 bridgehead atoms. The summed E-state index contributed by atoms with van der Waals surface area (Å²) < 4.78 is 0. The van der Waals surface area contributed by atoms with Crippen LogP contribution in [-0.4, -0.2) is 15.0 Å². The zero-order valence-electron chi connectivity index (χ0n) is 10.3. The average Bonchev–Trinajstić information content (AvgIpc) is 2.33. The summed E-state index contributed by atoms with van der Waals surface area (Å²) in [7, 11) is 0. The van der Waals surface area contributed by atoms with Crippen molar-refractivity contribution in [3.8, 4) is 0 Å². The van der Waals surface area contributed by atoms with E-state index in [0.717, 1.165) is 22.6 Å². The van der Waals surface area contributed by atoms with Crippen molar-refractivity contribution < 1.29 is 0 Å². The van der Waals surface area contributed by atoms with Crippen LogP contribution in [0.3, 0.4) is 0 Å². The molecule has 0 radical (unpaired) electrons. The van der Waals surface area contributed by atoms with E-state index in [1.807, 2.05) is 32.0 Å². The molecule has 18 heavy (non-hydrogen) atoms. The van der Waals surface area contributed by atoms with E-state index >= 15 is 0 Å². The first kappa shape index (κ1) is 12.4. The maximum Gasteiger partial charge on any atom is 0.131 e. The van der Waals surface area contributed by atoms with Gasteiger partial charge in [0.1, 0.15) is 10.8 Å². The Hall–Kier alpha value is -2.01. The molecular weight excluding hydrogens is 244 g/mol. The maximum atomic E-state index is 5.59. The fraction of sp³-hybridized carbons (Fsp3) is 0.154. The number of rotatable bonds is 3. The van der Waals surface area contributed by atoms with E-state index in [1.165, 1.54) is 0 Å². The van der Waals surface area contributed by atoms with Crippen LogP contribution in [0.4, 0.5) is 11.5 Å². The Morgan fingerprint density at radius 1 is 1.28 bits per heavy atom. The van der Waals surface area contributed by atoms with Crippen LogP contribution in [0.5, 0.6) is 0 Å². The number of hydrogen-bond acceptors (Lipinski definition) is 4. The first-order valence-corrected chi connectivity index (χ1v) is 5.94. The monoisotopic (exact) mass is 258 g/mol. The summed E-state index contributed by atoms with van der Waals surface area (Å²) >= 11 is 4.94. The second kappa shape index (κ2) is 5.10. The van der Waals surface area contributed by atoms with Gasteiger partial charge in [-0.25, -0.2) is 4.98 Å². The molecule has 0 spiro atoms. The zero-order chi connectivity index (χ0) is 13.1. The molecule has 0 aliphatic carbocycles. The Bertz CT molecular complexity index is 595. The van der Waals surface area contributed by atoms with E-state index in [-0.39, 0.29) is 0 Å². The van der Waals surface area contributed by atoms with E-state index in [4.69, 9.17) is 18.0 Å². The van der Waals surface area contributed by atoms with Gasteiger partial charge in [-0.3, -0.25) is 4.98 Å². The second-order valence-electron chi connectivity index (χ2n) is 4.00. The van der Waals surface area contributed by atoms with Crippen LogP contribution in [0.25, 0.3) is 0 Å². The fourth-order valence-electron chi connectivity index (χ4n) is 1.61. The normalized spacial score (nSPS) is 10.1. The van der Waals surface area contributed by atoms with E-state index in [2.05, 4.69) is 15.3 Å². The Morgan fingerprint density at radius 2 is 2.06 bits per heavy atom. The molecule has 2 aromatic heterocycles. The van der Waals surface area contributed by atoms with Gasteiger partial charge in [-0.2, -0.15) is 0 Å². The number of nitrogens with one attached hydrogen (secondary N) is 1. The Labute approximate surface area is 111 Å². The van der Waals surface area contributed by atoms with E-state index in [1.54, 1.807) is 12.3 Å². The van der Waals surface area contributed by atoms with Gasteiger partial charge in [-0.15, -0.1) is 0 Å². The lowest BCUT2D eigenvalue weighted by Crippen LogP contribution is -2.10. The topological polar surface area (TPSA) is 63.8 Å². The number of hydrogen-bond donors (Lipinski definition) is 2. The summed E-state index contributed by atoms with van der Waals surface area (Å²) in [6, 6.07) is 7.54. The van der Waals surface area contributed by atoms with Gasteiger partial charge in [0.15, 0.2) is 0 Å². The van der Waals surface area contributed by atoms with Crippen LogP contribution in [-0.2, 0) is 0 Å². The van der Waals surface area contributed by atoms with Crippen LogP contribution in [0.2, 0.25) is 0 Å². The van der Waals surface area contributed by atoms with E-state index in [0.29, 0.717) is 10.8 Å². The molecule has 0 aliphatic rings. The molecule has 4 nitrogen and oxygen atoms in total. The molecule has 2 aromatic rings. The summed E-state index contributed by atoms with van der Waals surface area (Å²) in [4.78, 5) is 8.97. The van der Waals surface area contributed by atoms with Crippen LogP contribution in [0.15, 0.2) is 30.5 Å². The van der Waals surface area contributed by atoms with Gasteiger partial charge in [0.25, 0.3) is 0 Å². The highest BCUT2D eigenvalue weighted by molar-refractivity contribution is 7.80. The first-order valence-electron chi connectivity index (χ1n) is 5.53. The van der Waals surface area contributed by atoms with Crippen LogP contribution >= 0.6 is 12.2 Å². The third kappa shape index (κ3) is 2.81. The average molecular weight is 258 g/mol. The van der Waals surface area contributed by atoms with Crippen molar-refractivity contribution in [1.82, 2.24) is 9.97 Å². The molecule has 0 aromatic carbocycles. The molecule has 3 N–H and O–H groups in total. The summed E-state index contributed by atoms with van der Waals surface area (Å²) in [5, 5.41) is 3.21. The van der Waals surface area contributed by atoms with Crippen LogP contribution < -0.4 is 11.1 Å². The molecular formula is C13H14N4S.